The van der Waals surface area contributed by atoms with Crippen molar-refractivity contribution < 1.29 is 14.0 Å². The number of carbonyl (C=O) groups excluding carboxylic acids is 2. The van der Waals surface area contributed by atoms with Crippen LogP contribution in [0.1, 0.15) is 31.7 Å². The number of nitrogens with zero attached hydrogens (tertiary/aromatic N) is 2. The number of benzene rings is 1. The Labute approximate surface area is 163 Å². The van der Waals surface area contributed by atoms with Crippen LogP contribution in [0.4, 0.5) is 4.39 Å². The highest BCUT2D eigenvalue weighted by molar-refractivity contribution is 6.31. The number of hydrogen-bond donors (Lipinski definition) is 2. The molecule has 8 heteroatoms. The zero-order chi connectivity index (χ0) is 20.0. The van der Waals surface area contributed by atoms with Gasteiger partial charge < -0.3 is 16.0 Å². The lowest BCUT2D eigenvalue weighted by atomic mass is 10.0. The molecule has 0 radical (unpaired) electrons. The molecule has 1 heterocycles. The third-order valence-electron chi connectivity index (χ3n) is 4.19. The second-order valence-corrected chi connectivity index (χ2v) is 6.99. The molecule has 1 aliphatic heterocycles. The van der Waals surface area contributed by atoms with Gasteiger partial charge in [0.2, 0.25) is 5.91 Å². The number of nitrogens with two attached hydrogens (primary N) is 1. The second-order valence-electron chi connectivity index (χ2n) is 6.55. The fraction of sp³-hybridized carbons (Fsp3) is 0.421. The Hall–Kier alpha value is -2.25. The maximum atomic E-state index is 14.2. The third kappa shape index (κ3) is 5.87. The normalized spacial score (nSPS) is 13.9. The number of halogens is 2. The number of aliphatic imine (C=N–C) groups is 1. The summed E-state index contributed by atoms with van der Waals surface area (Å²) >= 11 is 5.98. The molecule has 1 aromatic rings. The van der Waals surface area contributed by atoms with Gasteiger partial charge in [-0.1, -0.05) is 24.9 Å². The lowest BCUT2D eigenvalue weighted by molar-refractivity contribution is -0.122. The Bertz CT molecular complexity index is 792. The maximum absolute atomic E-state index is 14.2. The molecular weight excluding hydrogens is 371 g/mol. The van der Waals surface area contributed by atoms with Gasteiger partial charge in [0.15, 0.2) is 0 Å². The molecule has 0 aliphatic carbocycles. The number of likely N-dealkylation sites (N-methyl/N-ethyl adjacent to an activating group) is 1. The summed E-state index contributed by atoms with van der Waals surface area (Å²) in [4.78, 5) is 29.9. The Kier molecular flexibility index (Phi) is 7.50. The zero-order valence-electron chi connectivity index (χ0n) is 15.5. The van der Waals surface area contributed by atoms with Gasteiger partial charge >= 0.3 is 0 Å². The van der Waals surface area contributed by atoms with Gasteiger partial charge in [-0.05, 0) is 43.8 Å². The van der Waals surface area contributed by atoms with Crippen molar-refractivity contribution in [1.82, 2.24) is 10.2 Å². The quantitative estimate of drug-likeness (QED) is 0.673. The number of amides is 2. The molecule has 1 aromatic carbocycles. The topological polar surface area (TPSA) is 87.8 Å². The molecule has 2 rings (SSSR count). The summed E-state index contributed by atoms with van der Waals surface area (Å²) in [6, 6.07) is 4.24. The molecule has 27 heavy (non-hydrogen) atoms. The SMILES string of the molecule is CCCCN(C)CC1=C(C(=O)NCC(N)=O)N=C(c2cc(Cl)ccc2F)C1. The summed E-state index contributed by atoms with van der Waals surface area (Å²) in [7, 11) is 1.96. The van der Waals surface area contributed by atoms with Crippen LogP contribution in [0.25, 0.3) is 0 Å². The molecule has 0 unspecified atom stereocenters. The number of rotatable bonds is 9. The maximum Gasteiger partial charge on any atom is 0.270 e. The predicted octanol–water partition coefficient (Wildman–Crippen LogP) is 2.26. The predicted molar refractivity (Wildman–Crippen MR) is 104 cm³/mol. The van der Waals surface area contributed by atoms with Gasteiger partial charge in [-0.3, -0.25) is 9.59 Å². The van der Waals surface area contributed by atoms with Crippen LogP contribution in [0.15, 0.2) is 34.5 Å². The monoisotopic (exact) mass is 394 g/mol. The molecular formula is C19H24ClFN4O2. The van der Waals surface area contributed by atoms with E-state index in [0.29, 0.717) is 23.7 Å². The highest BCUT2D eigenvalue weighted by Gasteiger charge is 2.26. The molecule has 1 aliphatic rings. The van der Waals surface area contributed by atoms with E-state index in [9.17, 15) is 14.0 Å². The first-order chi connectivity index (χ1) is 12.8. The molecule has 6 nitrogen and oxygen atoms in total. The highest BCUT2D eigenvalue weighted by atomic mass is 35.5. The van der Waals surface area contributed by atoms with E-state index in [0.717, 1.165) is 25.0 Å². The number of hydrogen-bond acceptors (Lipinski definition) is 4. The third-order valence-corrected chi connectivity index (χ3v) is 4.43. The Morgan fingerprint density at radius 1 is 1.41 bits per heavy atom. The molecule has 146 valence electrons. The minimum Gasteiger partial charge on any atom is -0.368 e. The van der Waals surface area contributed by atoms with E-state index < -0.39 is 17.6 Å². The van der Waals surface area contributed by atoms with E-state index in [1.54, 1.807) is 0 Å². The minimum absolute atomic E-state index is 0.203. The standard InChI is InChI=1S/C19H24ClFN4O2/c1-3-4-7-25(2)11-12-8-16(14-9-13(20)5-6-15(14)21)24-18(12)19(27)23-10-17(22)26/h5-6,9H,3-4,7-8,10-11H2,1-2H3,(H2,22,26)(H,23,27). The smallest absolute Gasteiger partial charge is 0.270 e. The highest BCUT2D eigenvalue weighted by Crippen LogP contribution is 2.27. The van der Waals surface area contributed by atoms with Gasteiger partial charge in [-0.25, -0.2) is 9.38 Å². The molecule has 2 amide bonds. The summed E-state index contributed by atoms with van der Waals surface area (Å²) < 4.78 is 14.2. The molecule has 0 saturated heterocycles. The van der Waals surface area contributed by atoms with Gasteiger partial charge in [0.1, 0.15) is 11.5 Å². The van der Waals surface area contributed by atoms with Crippen LogP contribution >= 0.6 is 11.6 Å². The first-order valence-corrected chi connectivity index (χ1v) is 9.19. The van der Waals surface area contributed by atoms with E-state index in [1.807, 2.05) is 7.05 Å². The molecule has 0 aromatic heterocycles. The van der Waals surface area contributed by atoms with Gasteiger partial charge in [-0.2, -0.15) is 0 Å². The van der Waals surface area contributed by atoms with Crippen molar-refractivity contribution in [3.63, 3.8) is 0 Å². The van der Waals surface area contributed by atoms with Gasteiger partial charge in [0.05, 0.1) is 12.3 Å². The molecule has 0 bridgehead atoms. The molecule has 0 atom stereocenters. The molecule has 3 N–H and O–H groups in total. The summed E-state index contributed by atoms with van der Waals surface area (Å²) in [5.41, 5.74) is 6.77. The first-order valence-electron chi connectivity index (χ1n) is 8.81. The van der Waals surface area contributed by atoms with Gasteiger partial charge in [0.25, 0.3) is 5.91 Å². The van der Waals surface area contributed by atoms with Crippen molar-refractivity contribution in [3.8, 4) is 0 Å². The Morgan fingerprint density at radius 3 is 2.81 bits per heavy atom. The summed E-state index contributed by atoms with van der Waals surface area (Å²) in [6.45, 7) is 3.22. The Morgan fingerprint density at radius 2 is 2.15 bits per heavy atom. The Balaban J connectivity index is 2.27. The fourth-order valence-electron chi connectivity index (χ4n) is 2.84. The zero-order valence-corrected chi connectivity index (χ0v) is 16.3. The minimum atomic E-state index is -0.645. The summed E-state index contributed by atoms with van der Waals surface area (Å²) in [5, 5.41) is 2.84. The second kappa shape index (κ2) is 9.62. The largest absolute Gasteiger partial charge is 0.368 e. The summed E-state index contributed by atoms with van der Waals surface area (Å²) in [6.07, 6.45) is 2.43. The van der Waals surface area contributed by atoms with Gasteiger partial charge in [-0.15, -0.1) is 0 Å². The lowest BCUT2D eigenvalue weighted by Crippen LogP contribution is -2.34. The van der Waals surface area contributed by atoms with Gasteiger partial charge in [0, 0.05) is 23.6 Å². The lowest BCUT2D eigenvalue weighted by Gasteiger charge is -2.17. The van der Waals surface area contributed by atoms with E-state index in [2.05, 4.69) is 22.1 Å². The molecule has 0 spiro atoms. The number of carbonyl (C=O) groups is 2. The van der Waals surface area contributed by atoms with Crippen molar-refractivity contribution in [2.45, 2.75) is 26.2 Å². The number of unbranched alkanes of at least 4 members (excludes halogenated alkanes) is 1. The van der Waals surface area contributed by atoms with Crippen LogP contribution in [0, 0.1) is 5.82 Å². The van der Waals surface area contributed by atoms with Crippen molar-refractivity contribution in [2.75, 3.05) is 26.7 Å². The average Bonchev–Trinajstić information content (AvgIpc) is 3.03. The molecule has 0 saturated carbocycles. The van der Waals surface area contributed by atoms with E-state index in [-0.39, 0.29) is 17.8 Å². The fourth-order valence-corrected chi connectivity index (χ4v) is 3.01. The van der Waals surface area contributed by atoms with Crippen molar-refractivity contribution in [1.29, 1.82) is 0 Å². The number of nitrogens with one attached hydrogen (secondary N) is 1. The molecule has 0 fully saturated rings. The van der Waals surface area contributed by atoms with Crippen LogP contribution in [0.2, 0.25) is 5.02 Å². The van der Waals surface area contributed by atoms with E-state index in [4.69, 9.17) is 17.3 Å². The van der Waals surface area contributed by atoms with Crippen LogP contribution in [-0.4, -0.2) is 49.1 Å². The van der Waals surface area contributed by atoms with E-state index in [1.165, 1.54) is 18.2 Å². The number of primary amides is 1. The van der Waals surface area contributed by atoms with E-state index >= 15 is 0 Å². The van der Waals surface area contributed by atoms with Crippen molar-refractivity contribution in [2.24, 2.45) is 10.7 Å². The van der Waals surface area contributed by atoms with Crippen LogP contribution in [-0.2, 0) is 9.59 Å². The summed E-state index contributed by atoms with van der Waals surface area (Å²) in [5.74, 6) is -1.59. The van der Waals surface area contributed by atoms with Crippen LogP contribution < -0.4 is 11.1 Å². The first kappa shape index (κ1) is 21.1. The van der Waals surface area contributed by atoms with Crippen LogP contribution in [0.5, 0.6) is 0 Å². The van der Waals surface area contributed by atoms with Crippen LogP contribution in [0.3, 0.4) is 0 Å². The average molecular weight is 395 g/mol. The van der Waals surface area contributed by atoms with Crippen molar-refractivity contribution >= 4 is 29.1 Å². The van der Waals surface area contributed by atoms with Crippen molar-refractivity contribution in [3.05, 3.63) is 45.9 Å².